The second-order valence-electron chi connectivity index (χ2n) is 7.76. The Morgan fingerprint density at radius 1 is 0.971 bits per heavy atom. The van der Waals surface area contributed by atoms with Gasteiger partial charge in [0.2, 0.25) is 0 Å². The van der Waals surface area contributed by atoms with Gasteiger partial charge in [-0.1, -0.05) is 24.3 Å². The van der Waals surface area contributed by atoms with Gasteiger partial charge in [0, 0.05) is 24.4 Å². The van der Waals surface area contributed by atoms with Crippen molar-refractivity contribution in [3.63, 3.8) is 0 Å². The molecule has 1 aliphatic rings. The van der Waals surface area contributed by atoms with Gasteiger partial charge in [0.1, 0.15) is 19.5 Å². The molecule has 1 amide bonds. The van der Waals surface area contributed by atoms with Crippen LogP contribution < -0.4 is 19.5 Å². The van der Waals surface area contributed by atoms with E-state index in [2.05, 4.69) is 20.2 Å². The normalized spacial score (nSPS) is 12.7. The molecule has 35 heavy (non-hydrogen) atoms. The highest BCUT2D eigenvalue weighted by atomic mass is 32.2. The average Bonchev–Trinajstić information content (AvgIpc) is 3.30. The number of aryl methyl sites for hydroxylation is 1. The molecule has 0 spiro atoms. The third-order valence-corrected chi connectivity index (χ3v) is 6.69. The molecule has 5 rings (SSSR count). The Morgan fingerprint density at radius 3 is 2.57 bits per heavy atom. The maximum atomic E-state index is 13.1. The van der Waals surface area contributed by atoms with Crippen molar-refractivity contribution in [2.75, 3.05) is 23.3 Å². The molecule has 10 nitrogen and oxygen atoms in total. The Labute approximate surface area is 201 Å². The number of nitrogens with zero attached hydrogens (tertiary/aromatic N) is 3. The molecular formula is C24H21N5O5S. The number of sulfonamides is 1. The first kappa shape index (κ1) is 22.4. The van der Waals surface area contributed by atoms with E-state index in [1.165, 1.54) is 18.2 Å². The number of nitrogens with one attached hydrogen (secondary N) is 2. The number of hydrogen-bond donors (Lipinski definition) is 2. The van der Waals surface area contributed by atoms with Gasteiger partial charge in [-0.25, -0.2) is 8.42 Å². The number of ether oxygens (including phenoxy) is 2. The van der Waals surface area contributed by atoms with E-state index in [0.29, 0.717) is 36.2 Å². The number of fused-ring (bicyclic) bond motifs is 1. The highest BCUT2D eigenvalue weighted by molar-refractivity contribution is 7.92. The zero-order valence-corrected chi connectivity index (χ0v) is 19.5. The van der Waals surface area contributed by atoms with Crippen molar-refractivity contribution in [1.29, 1.82) is 0 Å². The molecule has 0 radical (unpaired) electrons. The summed E-state index contributed by atoms with van der Waals surface area (Å²) in [4.78, 5) is 13.1. The second kappa shape index (κ2) is 9.11. The number of amides is 1. The van der Waals surface area contributed by atoms with E-state index in [1.54, 1.807) is 53.4 Å². The minimum atomic E-state index is -4.00. The fourth-order valence-corrected chi connectivity index (χ4v) is 4.74. The number of hydrogen-bond acceptors (Lipinski definition) is 7. The van der Waals surface area contributed by atoms with E-state index in [1.807, 2.05) is 13.1 Å². The van der Waals surface area contributed by atoms with Gasteiger partial charge in [0.15, 0.2) is 17.3 Å². The molecule has 1 aliphatic heterocycles. The van der Waals surface area contributed by atoms with E-state index in [9.17, 15) is 13.2 Å². The highest BCUT2D eigenvalue weighted by Crippen LogP contribution is 2.33. The molecule has 0 aliphatic carbocycles. The average molecular weight is 492 g/mol. The SMILES string of the molecule is Cn1cnnc1-c1cccc(NC(=O)c2ccccc2NS(=O)(=O)c2ccc3c(c2)OCCO3)c1. The highest BCUT2D eigenvalue weighted by Gasteiger charge is 2.22. The monoisotopic (exact) mass is 491 g/mol. The number of carbonyl (C=O) groups excluding carboxylic acids is 1. The maximum Gasteiger partial charge on any atom is 0.262 e. The molecule has 0 bridgehead atoms. The molecule has 2 heterocycles. The number of carbonyl (C=O) groups is 1. The summed E-state index contributed by atoms with van der Waals surface area (Å²) in [5, 5.41) is 10.8. The van der Waals surface area contributed by atoms with Gasteiger partial charge in [0.25, 0.3) is 15.9 Å². The maximum absolute atomic E-state index is 13.1. The zero-order chi connectivity index (χ0) is 24.4. The van der Waals surface area contributed by atoms with Crippen LogP contribution in [0.3, 0.4) is 0 Å². The van der Waals surface area contributed by atoms with Crippen LogP contribution in [0.25, 0.3) is 11.4 Å². The Balaban J connectivity index is 1.39. The van der Waals surface area contributed by atoms with Crippen molar-refractivity contribution in [3.05, 3.63) is 78.6 Å². The fourth-order valence-electron chi connectivity index (χ4n) is 3.64. The van der Waals surface area contributed by atoms with Crippen molar-refractivity contribution in [1.82, 2.24) is 14.8 Å². The number of benzene rings is 3. The van der Waals surface area contributed by atoms with Gasteiger partial charge in [0.05, 0.1) is 16.1 Å². The van der Waals surface area contributed by atoms with Crippen LogP contribution in [0.5, 0.6) is 11.5 Å². The first-order valence-electron chi connectivity index (χ1n) is 10.7. The van der Waals surface area contributed by atoms with E-state index in [4.69, 9.17) is 9.47 Å². The molecule has 0 saturated carbocycles. The van der Waals surface area contributed by atoms with Crippen molar-refractivity contribution in [3.8, 4) is 22.9 Å². The Morgan fingerprint density at radius 2 is 1.77 bits per heavy atom. The summed E-state index contributed by atoms with van der Waals surface area (Å²) in [7, 11) is -2.18. The molecule has 1 aromatic heterocycles. The first-order chi connectivity index (χ1) is 16.9. The number of para-hydroxylation sites is 1. The largest absolute Gasteiger partial charge is 0.486 e. The second-order valence-corrected chi connectivity index (χ2v) is 9.44. The minimum Gasteiger partial charge on any atom is -0.486 e. The van der Waals surface area contributed by atoms with Crippen molar-refractivity contribution in [2.45, 2.75) is 4.90 Å². The van der Waals surface area contributed by atoms with Crippen LogP contribution >= 0.6 is 0 Å². The third kappa shape index (κ3) is 4.66. The smallest absolute Gasteiger partial charge is 0.262 e. The predicted octanol–water partition coefficient (Wildman–Crippen LogP) is 3.31. The lowest BCUT2D eigenvalue weighted by molar-refractivity contribution is 0.102. The van der Waals surface area contributed by atoms with Crippen molar-refractivity contribution >= 4 is 27.3 Å². The van der Waals surface area contributed by atoms with E-state index < -0.39 is 15.9 Å². The zero-order valence-electron chi connectivity index (χ0n) is 18.6. The number of rotatable bonds is 6. The van der Waals surface area contributed by atoms with E-state index >= 15 is 0 Å². The lowest BCUT2D eigenvalue weighted by atomic mass is 10.1. The van der Waals surface area contributed by atoms with Crippen LogP contribution in [-0.4, -0.2) is 42.3 Å². The molecule has 0 saturated heterocycles. The Hall–Kier alpha value is -4.38. The topological polar surface area (TPSA) is 124 Å². The van der Waals surface area contributed by atoms with Gasteiger partial charge in [-0.2, -0.15) is 0 Å². The van der Waals surface area contributed by atoms with Crippen molar-refractivity contribution < 1.29 is 22.7 Å². The molecule has 4 aromatic rings. The summed E-state index contributed by atoms with van der Waals surface area (Å²) in [6.07, 6.45) is 1.59. The molecule has 178 valence electrons. The van der Waals surface area contributed by atoms with Crippen molar-refractivity contribution in [2.24, 2.45) is 7.05 Å². The summed E-state index contributed by atoms with van der Waals surface area (Å²) in [5.41, 5.74) is 1.61. The molecule has 0 fully saturated rings. The Bertz CT molecular complexity index is 1520. The lowest BCUT2D eigenvalue weighted by Crippen LogP contribution is -2.19. The van der Waals surface area contributed by atoms with E-state index in [-0.39, 0.29) is 16.1 Å². The summed E-state index contributed by atoms with van der Waals surface area (Å²) in [6, 6.07) is 17.9. The Kier molecular flexibility index (Phi) is 5.83. The van der Waals surface area contributed by atoms with Gasteiger partial charge >= 0.3 is 0 Å². The number of aromatic nitrogens is 3. The van der Waals surface area contributed by atoms with Gasteiger partial charge in [-0.15, -0.1) is 10.2 Å². The molecule has 0 atom stereocenters. The predicted molar refractivity (Wildman–Crippen MR) is 129 cm³/mol. The fraction of sp³-hybridized carbons (Fsp3) is 0.125. The van der Waals surface area contributed by atoms with Crippen LogP contribution in [0, 0.1) is 0 Å². The lowest BCUT2D eigenvalue weighted by Gasteiger charge is -2.19. The van der Waals surface area contributed by atoms with Crippen LogP contribution in [0.1, 0.15) is 10.4 Å². The standard InChI is InChI=1S/C24H21N5O5S/c1-29-15-25-27-23(29)16-5-4-6-17(13-16)26-24(30)19-7-2-3-8-20(19)28-35(31,32)18-9-10-21-22(14-18)34-12-11-33-21/h2-10,13-15,28H,11-12H2,1H3,(H,26,30). The van der Waals surface area contributed by atoms with E-state index in [0.717, 1.165) is 5.56 Å². The number of anilines is 2. The van der Waals surface area contributed by atoms with Crippen LogP contribution in [-0.2, 0) is 17.1 Å². The summed E-state index contributed by atoms with van der Waals surface area (Å²) < 4.78 is 41.4. The van der Waals surface area contributed by atoms with Crippen LogP contribution in [0.4, 0.5) is 11.4 Å². The summed E-state index contributed by atoms with van der Waals surface area (Å²) in [6.45, 7) is 0.742. The van der Waals surface area contributed by atoms with Gasteiger partial charge in [-0.05, 0) is 36.4 Å². The van der Waals surface area contributed by atoms with Crippen LogP contribution in [0.2, 0.25) is 0 Å². The molecule has 2 N–H and O–H groups in total. The molecule has 11 heteroatoms. The third-order valence-electron chi connectivity index (χ3n) is 5.33. The summed E-state index contributed by atoms with van der Waals surface area (Å²) >= 11 is 0. The van der Waals surface area contributed by atoms with Gasteiger partial charge < -0.3 is 19.4 Å². The molecular weight excluding hydrogens is 470 g/mol. The quantitative estimate of drug-likeness (QED) is 0.424. The minimum absolute atomic E-state index is 0.00617. The summed E-state index contributed by atoms with van der Waals surface area (Å²) in [5.74, 6) is 1.01. The van der Waals surface area contributed by atoms with Gasteiger partial charge in [-0.3, -0.25) is 9.52 Å². The first-order valence-corrected chi connectivity index (χ1v) is 12.2. The molecule has 0 unspecified atom stereocenters. The molecule has 3 aromatic carbocycles. The van der Waals surface area contributed by atoms with Crippen LogP contribution in [0.15, 0.2) is 78.0 Å².